The molecular weight excluding hydrogens is 498 g/mol. The molecule has 4 heterocycles. The summed E-state index contributed by atoms with van der Waals surface area (Å²) in [6.45, 7) is 9.70. The van der Waals surface area contributed by atoms with Gasteiger partial charge >= 0.3 is 5.97 Å². The minimum atomic E-state index is -0.738. The van der Waals surface area contributed by atoms with Gasteiger partial charge in [0, 0.05) is 36.1 Å². The number of aryl methyl sites for hydroxylation is 2. The molecule has 0 bridgehead atoms. The molecule has 38 heavy (non-hydrogen) atoms. The number of carboxylic acid groups (broad SMARTS) is 1. The van der Waals surface area contributed by atoms with Crippen molar-refractivity contribution in [3.8, 4) is 11.3 Å². The second-order valence-corrected chi connectivity index (χ2v) is 11.8. The molecule has 200 valence electrons. The van der Waals surface area contributed by atoms with Crippen LogP contribution in [0.25, 0.3) is 11.3 Å². The zero-order valence-corrected chi connectivity index (χ0v) is 23.1. The number of aromatic nitrogens is 3. The van der Waals surface area contributed by atoms with E-state index in [0.29, 0.717) is 43.5 Å². The highest BCUT2D eigenvalue weighted by Gasteiger charge is 2.26. The van der Waals surface area contributed by atoms with E-state index in [0.717, 1.165) is 29.4 Å². The average molecular weight is 534 g/mol. The van der Waals surface area contributed by atoms with Crippen molar-refractivity contribution in [3.63, 3.8) is 0 Å². The monoisotopic (exact) mass is 533 g/mol. The van der Waals surface area contributed by atoms with Crippen molar-refractivity contribution in [1.82, 2.24) is 19.9 Å². The van der Waals surface area contributed by atoms with E-state index in [1.54, 1.807) is 17.5 Å². The van der Waals surface area contributed by atoms with Crippen molar-refractivity contribution in [2.75, 3.05) is 24.5 Å². The molecule has 1 aromatic carbocycles. The van der Waals surface area contributed by atoms with Crippen LogP contribution in [0.1, 0.15) is 64.1 Å². The third-order valence-electron chi connectivity index (χ3n) is 7.96. The molecule has 0 saturated carbocycles. The lowest BCUT2D eigenvalue weighted by atomic mass is 9.97. The Kier molecular flexibility index (Phi) is 7.85. The number of carboxylic acids is 1. The van der Waals surface area contributed by atoms with Crippen LogP contribution in [0.3, 0.4) is 0 Å². The Balaban J connectivity index is 1.32. The molecule has 2 aliphatic heterocycles. The number of hydrogen-bond acceptors (Lipinski definition) is 8. The van der Waals surface area contributed by atoms with E-state index in [4.69, 9.17) is 4.98 Å². The van der Waals surface area contributed by atoms with Gasteiger partial charge in [-0.25, -0.2) is 15.0 Å². The second kappa shape index (κ2) is 11.3. The molecule has 2 saturated heterocycles. The Morgan fingerprint density at radius 1 is 1.05 bits per heavy atom. The van der Waals surface area contributed by atoms with Crippen LogP contribution < -0.4 is 4.90 Å². The number of aliphatic carboxylic acids is 1. The number of nitrogens with zero attached hydrogens (tertiary/aromatic N) is 5. The first-order valence-electron chi connectivity index (χ1n) is 13.4. The van der Waals surface area contributed by atoms with E-state index in [-0.39, 0.29) is 18.1 Å². The fraction of sp³-hybridized carbons (Fsp3) is 0.483. The summed E-state index contributed by atoms with van der Waals surface area (Å²) in [6, 6.07) is 7.01. The maximum absolute atomic E-state index is 13.1. The van der Waals surface area contributed by atoms with E-state index < -0.39 is 5.97 Å². The van der Waals surface area contributed by atoms with Gasteiger partial charge in [-0.2, -0.15) is 0 Å². The Labute approximate surface area is 227 Å². The fourth-order valence-corrected chi connectivity index (χ4v) is 6.44. The number of piperidine rings is 1. The highest BCUT2D eigenvalue weighted by molar-refractivity contribution is 7.12. The van der Waals surface area contributed by atoms with Gasteiger partial charge in [-0.05, 0) is 70.2 Å². The molecule has 0 amide bonds. The normalized spacial score (nSPS) is 18.7. The maximum Gasteiger partial charge on any atom is 0.306 e. The van der Waals surface area contributed by atoms with Crippen LogP contribution in [-0.4, -0.2) is 62.4 Å². The molecule has 0 aliphatic carbocycles. The van der Waals surface area contributed by atoms with E-state index in [9.17, 15) is 14.7 Å². The minimum Gasteiger partial charge on any atom is -0.481 e. The number of Topliss-reactive ketones (excluding diaryl/α,β-unsaturated/α-hetero) is 1. The fourth-order valence-electron chi connectivity index (χ4n) is 5.32. The molecule has 1 atom stereocenters. The quantitative estimate of drug-likeness (QED) is 0.407. The third-order valence-corrected chi connectivity index (χ3v) is 9.00. The SMILES string of the molecule is Cc1ccc(-c2nc(CC(=O)c3cnc(N4CCC(C(=O)O)CC4)cn3)sc2CN2CCC[C@H]2C)cc1C. The maximum atomic E-state index is 13.1. The van der Waals surface area contributed by atoms with E-state index in [1.807, 2.05) is 4.90 Å². The second-order valence-electron chi connectivity index (χ2n) is 10.6. The van der Waals surface area contributed by atoms with Crippen molar-refractivity contribution < 1.29 is 14.7 Å². The van der Waals surface area contributed by atoms with Crippen LogP contribution in [0.15, 0.2) is 30.6 Å². The Bertz CT molecular complexity index is 1310. The summed E-state index contributed by atoms with van der Waals surface area (Å²) in [5, 5.41) is 10.0. The molecule has 1 N–H and O–H groups in total. The first kappa shape index (κ1) is 26.4. The van der Waals surface area contributed by atoms with Gasteiger partial charge in [0.2, 0.25) is 0 Å². The largest absolute Gasteiger partial charge is 0.481 e. The van der Waals surface area contributed by atoms with Crippen LogP contribution in [0.5, 0.6) is 0 Å². The first-order chi connectivity index (χ1) is 18.3. The van der Waals surface area contributed by atoms with Crippen LogP contribution in [-0.2, 0) is 17.8 Å². The molecule has 0 spiro atoms. The van der Waals surface area contributed by atoms with Crippen molar-refractivity contribution in [2.24, 2.45) is 5.92 Å². The lowest BCUT2D eigenvalue weighted by Crippen LogP contribution is -2.36. The van der Waals surface area contributed by atoms with Gasteiger partial charge in [-0.15, -0.1) is 11.3 Å². The van der Waals surface area contributed by atoms with Crippen molar-refractivity contribution in [3.05, 3.63) is 57.3 Å². The Morgan fingerprint density at radius 2 is 1.84 bits per heavy atom. The van der Waals surface area contributed by atoms with E-state index in [1.165, 1.54) is 35.0 Å². The molecule has 0 unspecified atom stereocenters. The first-order valence-corrected chi connectivity index (χ1v) is 14.2. The summed E-state index contributed by atoms with van der Waals surface area (Å²) in [7, 11) is 0. The predicted molar refractivity (Wildman–Crippen MR) is 149 cm³/mol. The average Bonchev–Trinajstić information content (AvgIpc) is 3.51. The summed E-state index contributed by atoms with van der Waals surface area (Å²) in [5.74, 6) is -0.461. The van der Waals surface area contributed by atoms with Gasteiger partial charge in [-0.3, -0.25) is 14.5 Å². The van der Waals surface area contributed by atoms with Crippen LogP contribution in [0, 0.1) is 19.8 Å². The third kappa shape index (κ3) is 5.78. The van der Waals surface area contributed by atoms with Gasteiger partial charge in [0.15, 0.2) is 5.78 Å². The van der Waals surface area contributed by atoms with E-state index >= 15 is 0 Å². The Hall–Kier alpha value is -3.17. The van der Waals surface area contributed by atoms with Gasteiger partial charge in [-0.1, -0.05) is 12.1 Å². The molecule has 3 aromatic rings. The van der Waals surface area contributed by atoms with E-state index in [2.05, 4.69) is 53.8 Å². The van der Waals surface area contributed by atoms with Gasteiger partial charge in [0.05, 0.1) is 30.4 Å². The van der Waals surface area contributed by atoms with Gasteiger partial charge in [0.1, 0.15) is 16.5 Å². The molecule has 2 aromatic heterocycles. The zero-order chi connectivity index (χ0) is 26.8. The molecule has 2 fully saturated rings. The zero-order valence-electron chi connectivity index (χ0n) is 22.3. The topological polar surface area (TPSA) is 99.5 Å². The standard InChI is InChI=1S/C29H35N5O3S/c1-18-6-7-22(13-19(18)2)28-25(17-34-10-4-5-20(34)3)38-27(32-28)14-24(35)23-15-31-26(16-30-23)33-11-8-21(9-12-33)29(36)37/h6-7,13,15-16,20-21H,4-5,8-12,14,17H2,1-3H3,(H,36,37)/t20-/m1/s1. The van der Waals surface area contributed by atoms with Crippen molar-refractivity contribution in [1.29, 1.82) is 0 Å². The molecule has 0 radical (unpaired) electrons. The highest BCUT2D eigenvalue weighted by Crippen LogP contribution is 2.33. The number of thiazole rings is 1. The van der Waals surface area contributed by atoms with Crippen molar-refractivity contribution in [2.45, 2.75) is 65.5 Å². The summed E-state index contributed by atoms with van der Waals surface area (Å²) < 4.78 is 0. The number of likely N-dealkylation sites (tertiary alicyclic amines) is 1. The molecular formula is C29H35N5O3S. The molecule has 8 nitrogen and oxygen atoms in total. The molecule has 5 rings (SSSR count). The summed E-state index contributed by atoms with van der Waals surface area (Å²) >= 11 is 1.63. The van der Waals surface area contributed by atoms with Crippen molar-refractivity contribution >= 4 is 28.9 Å². The number of carbonyl (C=O) groups is 2. The lowest BCUT2D eigenvalue weighted by Gasteiger charge is -2.30. The van der Waals surface area contributed by atoms with Crippen LogP contribution in [0.4, 0.5) is 5.82 Å². The number of benzene rings is 1. The predicted octanol–water partition coefficient (Wildman–Crippen LogP) is 4.93. The molecule has 9 heteroatoms. The lowest BCUT2D eigenvalue weighted by molar-refractivity contribution is -0.142. The van der Waals surface area contributed by atoms with Crippen LogP contribution in [0.2, 0.25) is 0 Å². The summed E-state index contributed by atoms with van der Waals surface area (Å²) in [5.41, 5.74) is 4.89. The minimum absolute atomic E-state index is 0.102. The van der Waals surface area contributed by atoms with Gasteiger partial charge in [0.25, 0.3) is 0 Å². The summed E-state index contributed by atoms with van der Waals surface area (Å²) in [4.78, 5) is 43.9. The van der Waals surface area contributed by atoms with Crippen LogP contribution >= 0.6 is 11.3 Å². The smallest absolute Gasteiger partial charge is 0.306 e. The molecule has 2 aliphatic rings. The number of carbonyl (C=O) groups excluding carboxylic acids is 1. The summed E-state index contributed by atoms with van der Waals surface area (Å²) in [6.07, 6.45) is 6.96. The number of hydrogen-bond donors (Lipinski definition) is 1. The number of rotatable bonds is 8. The van der Waals surface area contributed by atoms with Gasteiger partial charge < -0.3 is 10.0 Å². The number of ketones is 1. The highest BCUT2D eigenvalue weighted by atomic mass is 32.1. The Morgan fingerprint density at radius 3 is 2.47 bits per heavy atom. The number of anilines is 1.